The fourth-order valence-electron chi connectivity index (χ4n) is 4.67. The largest absolute Gasteiger partial charge is 0.497 e. The summed E-state index contributed by atoms with van der Waals surface area (Å²) in [6, 6.07) is 14.4. The molecule has 1 saturated heterocycles. The van der Waals surface area contributed by atoms with E-state index in [-0.39, 0.29) is 37.6 Å². The van der Waals surface area contributed by atoms with Crippen LogP contribution in [0.15, 0.2) is 66.7 Å². The molecule has 1 aliphatic rings. The number of rotatable bonds is 6. The molecule has 7 nitrogen and oxygen atoms in total. The molecule has 1 aliphatic heterocycles. The second kappa shape index (κ2) is 11.4. The predicted octanol–water partition coefficient (Wildman–Crippen LogP) is 5.29. The van der Waals surface area contributed by atoms with Gasteiger partial charge in [-0.2, -0.15) is 26.3 Å². The van der Waals surface area contributed by atoms with Gasteiger partial charge in [-0.1, -0.05) is 24.3 Å². The second-order valence-electron chi connectivity index (χ2n) is 9.79. The number of nitrogens with zero attached hydrogens (tertiary/aromatic N) is 1. The Bertz CT molecular complexity index is 1440. The molecule has 3 N–H and O–H groups in total. The topological polar surface area (TPSA) is 102 Å². The van der Waals surface area contributed by atoms with Crippen molar-refractivity contribution in [2.45, 2.75) is 30.7 Å². The van der Waals surface area contributed by atoms with Gasteiger partial charge in [-0.15, -0.1) is 0 Å². The number of piperidine rings is 1. The van der Waals surface area contributed by atoms with E-state index in [1.54, 1.807) is 43.5 Å². The molecule has 0 bridgehead atoms. The van der Waals surface area contributed by atoms with Crippen LogP contribution in [0.2, 0.25) is 0 Å². The minimum atomic E-state index is -5.11. The zero-order valence-corrected chi connectivity index (χ0v) is 22.1. The first-order valence-corrected chi connectivity index (χ1v) is 12.6. The summed E-state index contributed by atoms with van der Waals surface area (Å²) in [6.07, 6.45) is -10.6. The van der Waals surface area contributed by atoms with Gasteiger partial charge in [0, 0.05) is 24.2 Å². The van der Waals surface area contributed by atoms with Crippen molar-refractivity contribution in [1.29, 1.82) is 0 Å². The number of methoxy groups -OCH3 is 1. The molecule has 0 spiro atoms. The Balaban J connectivity index is 1.48. The van der Waals surface area contributed by atoms with Gasteiger partial charge in [0.1, 0.15) is 11.3 Å². The van der Waals surface area contributed by atoms with Gasteiger partial charge in [0.15, 0.2) is 0 Å². The molecule has 0 radical (unpaired) electrons. The molecule has 4 rings (SSSR count). The fourth-order valence-corrected chi connectivity index (χ4v) is 4.67. The molecule has 3 aromatic carbocycles. The summed E-state index contributed by atoms with van der Waals surface area (Å²) < 4.78 is 84.6. The van der Waals surface area contributed by atoms with E-state index in [1.165, 1.54) is 0 Å². The highest BCUT2D eigenvalue weighted by Gasteiger charge is 2.43. The van der Waals surface area contributed by atoms with Gasteiger partial charge < -0.3 is 20.7 Å². The summed E-state index contributed by atoms with van der Waals surface area (Å²) in [5.74, 6) is -1.91. The third kappa shape index (κ3) is 6.50. The van der Waals surface area contributed by atoms with Crippen molar-refractivity contribution >= 4 is 17.7 Å². The van der Waals surface area contributed by atoms with Gasteiger partial charge in [-0.25, -0.2) is 0 Å². The molecule has 1 fully saturated rings. The smallest absolute Gasteiger partial charge is 0.416 e. The van der Waals surface area contributed by atoms with Crippen LogP contribution in [0.25, 0.3) is 11.1 Å². The zero-order valence-electron chi connectivity index (χ0n) is 22.1. The number of hydrogen-bond acceptors (Lipinski definition) is 4. The van der Waals surface area contributed by atoms with Crippen LogP contribution in [0.5, 0.6) is 5.75 Å². The van der Waals surface area contributed by atoms with Crippen molar-refractivity contribution in [3.8, 4) is 16.9 Å². The molecule has 0 atom stereocenters. The number of ether oxygens (including phenoxy) is 1. The molecule has 42 heavy (non-hydrogen) atoms. The molecular weight excluding hydrogens is 568 g/mol. The fraction of sp³-hybridized carbons (Fsp3) is 0.276. The van der Waals surface area contributed by atoms with Crippen molar-refractivity contribution in [3.63, 3.8) is 0 Å². The van der Waals surface area contributed by atoms with E-state index >= 15 is 0 Å². The number of benzene rings is 3. The molecule has 222 valence electrons. The molecule has 13 heteroatoms. The summed E-state index contributed by atoms with van der Waals surface area (Å²) in [7, 11) is 1.55. The summed E-state index contributed by atoms with van der Waals surface area (Å²) in [5.41, 5.74) is 1.88. The lowest BCUT2D eigenvalue weighted by atomic mass is 9.86. The van der Waals surface area contributed by atoms with Crippen molar-refractivity contribution in [2.75, 3.05) is 20.2 Å². The SMILES string of the molecule is COc1ccc(-c2ccc(C(=O)NC3(C(N)=O)CCN(C(=O)c4cc(C(F)(F)F)cc(C(F)(F)F)c4)CC3)cc2)cc1. The van der Waals surface area contributed by atoms with Crippen LogP contribution < -0.4 is 15.8 Å². The number of amides is 3. The number of carbonyl (C=O) groups excluding carboxylic acids is 3. The average Bonchev–Trinajstić information content (AvgIpc) is 2.96. The molecule has 0 saturated carbocycles. The van der Waals surface area contributed by atoms with Crippen LogP contribution in [0.3, 0.4) is 0 Å². The first-order chi connectivity index (χ1) is 19.6. The van der Waals surface area contributed by atoms with Crippen molar-refractivity contribution < 1.29 is 45.5 Å². The van der Waals surface area contributed by atoms with E-state index in [0.29, 0.717) is 17.9 Å². The molecule has 0 aliphatic carbocycles. The number of nitrogens with one attached hydrogen (secondary N) is 1. The summed E-state index contributed by atoms with van der Waals surface area (Å²) in [6.45, 7) is -0.508. The maximum atomic E-state index is 13.2. The first-order valence-electron chi connectivity index (χ1n) is 12.6. The van der Waals surface area contributed by atoms with Crippen LogP contribution in [-0.4, -0.2) is 48.4 Å². The molecule has 3 aromatic rings. The van der Waals surface area contributed by atoms with Gasteiger partial charge in [0.25, 0.3) is 11.8 Å². The highest BCUT2D eigenvalue weighted by atomic mass is 19.4. The van der Waals surface area contributed by atoms with E-state index in [9.17, 15) is 40.7 Å². The Morgan fingerprint density at radius 3 is 1.69 bits per heavy atom. The number of halogens is 6. The predicted molar refractivity (Wildman–Crippen MR) is 139 cm³/mol. The number of alkyl halides is 6. The second-order valence-corrected chi connectivity index (χ2v) is 9.79. The van der Waals surface area contributed by atoms with Gasteiger partial charge in [0.05, 0.1) is 18.2 Å². The Morgan fingerprint density at radius 2 is 1.26 bits per heavy atom. The molecule has 0 unspecified atom stereocenters. The van der Waals surface area contributed by atoms with Gasteiger partial charge >= 0.3 is 12.4 Å². The minimum Gasteiger partial charge on any atom is -0.497 e. The Hall–Kier alpha value is -4.55. The van der Waals surface area contributed by atoms with Gasteiger partial charge in [-0.05, 0) is 66.4 Å². The number of carbonyl (C=O) groups is 3. The van der Waals surface area contributed by atoms with E-state index < -0.39 is 52.3 Å². The van der Waals surface area contributed by atoms with E-state index in [4.69, 9.17) is 10.5 Å². The van der Waals surface area contributed by atoms with Crippen LogP contribution in [0, 0.1) is 0 Å². The summed E-state index contributed by atoms with van der Waals surface area (Å²) >= 11 is 0. The number of likely N-dealkylation sites (tertiary alicyclic amines) is 1. The van der Waals surface area contributed by atoms with Gasteiger partial charge in [0.2, 0.25) is 5.91 Å². The molecule has 0 aromatic heterocycles. The molecular formula is C29H25F6N3O4. The summed E-state index contributed by atoms with van der Waals surface area (Å²) in [4.78, 5) is 39.4. The number of primary amides is 1. The van der Waals surface area contributed by atoms with Crippen LogP contribution in [-0.2, 0) is 17.1 Å². The standard InChI is InChI=1S/C29H25F6N3O4/c1-42-23-8-6-18(7-9-23)17-2-4-19(5-3-17)24(39)37-27(26(36)41)10-12-38(13-11-27)25(40)20-14-21(28(30,31)32)16-22(15-20)29(33,34)35/h2-9,14-16H,10-13H2,1H3,(H2,36,41)(H,37,39). The first kappa shape index (κ1) is 30.4. The lowest BCUT2D eigenvalue weighted by Crippen LogP contribution is -2.62. The normalized spacial score (nSPS) is 15.2. The lowest BCUT2D eigenvalue weighted by molar-refractivity contribution is -0.143. The van der Waals surface area contributed by atoms with Crippen molar-refractivity contribution in [2.24, 2.45) is 5.73 Å². The number of hydrogen-bond donors (Lipinski definition) is 2. The maximum absolute atomic E-state index is 13.2. The zero-order chi connectivity index (χ0) is 30.9. The van der Waals surface area contributed by atoms with Crippen molar-refractivity contribution in [3.05, 3.63) is 89.0 Å². The van der Waals surface area contributed by atoms with Gasteiger partial charge in [-0.3, -0.25) is 14.4 Å². The number of nitrogens with two attached hydrogens (primary N) is 1. The quantitative estimate of drug-likeness (QED) is 0.380. The molecule has 1 heterocycles. The third-order valence-corrected chi connectivity index (χ3v) is 7.13. The van der Waals surface area contributed by atoms with E-state index in [1.807, 2.05) is 12.1 Å². The average molecular weight is 594 g/mol. The lowest BCUT2D eigenvalue weighted by Gasteiger charge is -2.40. The Kier molecular flexibility index (Phi) is 8.24. The highest BCUT2D eigenvalue weighted by molar-refractivity contribution is 6.00. The maximum Gasteiger partial charge on any atom is 0.416 e. The Labute approximate surface area is 236 Å². The highest BCUT2D eigenvalue weighted by Crippen LogP contribution is 2.37. The monoisotopic (exact) mass is 593 g/mol. The van der Waals surface area contributed by atoms with Crippen LogP contribution in [0.1, 0.15) is 44.7 Å². The van der Waals surface area contributed by atoms with Crippen LogP contribution in [0.4, 0.5) is 26.3 Å². The third-order valence-electron chi connectivity index (χ3n) is 7.13. The van der Waals surface area contributed by atoms with E-state index in [2.05, 4.69) is 5.32 Å². The van der Waals surface area contributed by atoms with E-state index in [0.717, 1.165) is 16.0 Å². The Morgan fingerprint density at radius 1 is 0.786 bits per heavy atom. The van der Waals surface area contributed by atoms with Crippen LogP contribution >= 0.6 is 0 Å². The minimum absolute atomic E-state index is 0.0653. The summed E-state index contributed by atoms with van der Waals surface area (Å²) in [5, 5.41) is 2.61. The molecule has 3 amide bonds. The van der Waals surface area contributed by atoms with Crippen molar-refractivity contribution in [1.82, 2.24) is 10.2 Å².